The van der Waals surface area contributed by atoms with Crippen molar-refractivity contribution in [2.45, 2.75) is 32.6 Å². The molecular formula is C17H19ClN2OS. The lowest BCUT2D eigenvalue weighted by molar-refractivity contribution is 0.0765. The SMILES string of the molecule is Cc1nc(-c2cccc(Cl)c2)sc1C(=O)N1CCCCCC1. The van der Waals surface area contributed by atoms with Gasteiger partial charge in [0.2, 0.25) is 0 Å². The van der Waals surface area contributed by atoms with Crippen LogP contribution < -0.4 is 0 Å². The van der Waals surface area contributed by atoms with Gasteiger partial charge < -0.3 is 4.90 Å². The van der Waals surface area contributed by atoms with Gasteiger partial charge in [0, 0.05) is 23.7 Å². The van der Waals surface area contributed by atoms with Crippen molar-refractivity contribution in [3.05, 3.63) is 39.9 Å². The van der Waals surface area contributed by atoms with Gasteiger partial charge in [-0.25, -0.2) is 4.98 Å². The van der Waals surface area contributed by atoms with Crippen LogP contribution in [0.25, 0.3) is 10.6 Å². The Labute approximate surface area is 139 Å². The molecule has 22 heavy (non-hydrogen) atoms. The van der Waals surface area contributed by atoms with Gasteiger partial charge in [-0.2, -0.15) is 0 Å². The van der Waals surface area contributed by atoms with Gasteiger partial charge in [0.15, 0.2) is 0 Å². The Morgan fingerprint density at radius 1 is 1.23 bits per heavy atom. The molecule has 0 saturated carbocycles. The topological polar surface area (TPSA) is 33.2 Å². The van der Waals surface area contributed by atoms with Crippen molar-refractivity contribution in [1.82, 2.24) is 9.88 Å². The molecule has 0 spiro atoms. The molecule has 1 aliphatic heterocycles. The molecule has 1 saturated heterocycles. The molecule has 3 rings (SSSR count). The Balaban J connectivity index is 1.87. The molecule has 1 amide bonds. The first-order chi connectivity index (χ1) is 10.6. The summed E-state index contributed by atoms with van der Waals surface area (Å²) in [5.74, 6) is 0.130. The van der Waals surface area contributed by atoms with Gasteiger partial charge in [0.25, 0.3) is 5.91 Å². The van der Waals surface area contributed by atoms with Crippen LogP contribution in [0.15, 0.2) is 24.3 Å². The van der Waals surface area contributed by atoms with Crippen molar-refractivity contribution in [2.24, 2.45) is 0 Å². The van der Waals surface area contributed by atoms with Crippen molar-refractivity contribution in [3.63, 3.8) is 0 Å². The van der Waals surface area contributed by atoms with E-state index in [9.17, 15) is 4.79 Å². The molecule has 116 valence electrons. The fourth-order valence-corrected chi connectivity index (χ4v) is 3.98. The summed E-state index contributed by atoms with van der Waals surface area (Å²) in [6, 6.07) is 7.61. The molecule has 2 aromatic rings. The predicted octanol–water partition coefficient (Wildman–Crippen LogP) is 4.79. The van der Waals surface area contributed by atoms with E-state index in [0.29, 0.717) is 5.02 Å². The molecule has 1 aromatic carbocycles. The fourth-order valence-electron chi connectivity index (χ4n) is 2.76. The van der Waals surface area contributed by atoms with Gasteiger partial charge in [-0.15, -0.1) is 11.3 Å². The lowest BCUT2D eigenvalue weighted by Gasteiger charge is -2.19. The quantitative estimate of drug-likeness (QED) is 0.791. The van der Waals surface area contributed by atoms with Gasteiger partial charge >= 0.3 is 0 Å². The Bertz CT molecular complexity index is 675. The molecule has 0 atom stereocenters. The predicted molar refractivity (Wildman–Crippen MR) is 91.7 cm³/mol. The number of aryl methyl sites for hydroxylation is 1. The third kappa shape index (κ3) is 3.33. The Kier molecular flexibility index (Phi) is 4.79. The summed E-state index contributed by atoms with van der Waals surface area (Å²) < 4.78 is 0. The van der Waals surface area contributed by atoms with Gasteiger partial charge in [-0.05, 0) is 31.9 Å². The molecule has 5 heteroatoms. The Hall–Kier alpha value is -1.39. The average Bonchev–Trinajstić information content (AvgIpc) is 2.73. The molecule has 0 bridgehead atoms. The third-order valence-corrected chi connectivity index (χ3v) is 5.39. The van der Waals surface area contributed by atoms with Crippen LogP contribution in [-0.2, 0) is 0 Å². The molecule has 3 nitrogen and oxygen atoms in total. The van der Waals surface area contributed by atoms with Crippen LogP contribution in [-0.4, -0.2) is 28.9 Å². The third-order valence-electron chi connectivity index (χ3n) is 3.96. The number of benzene rings is 1. The summed E-state index contributed by atoms with van der Waals surface area (Å²) >= 11 is 7.51. The number of nitrogens with zero attached hydrogens (tertiary/aromatic N) is 2. The molecule has 0 unspecified atom stereocenters. The van der Waals surface area contributed by atoms with E-state index in [4.69, 9.17) is 11.6 Å². The van der Waals surface area contributed by atoms with Crippen LogP contribution >= 0.6 is 22.9 Å². The average molecular weight is 335 g/mol. The smallest absolute Gasteiger partial charge is 0.265 e. The fraction of sp³-hybridized carbons (Fsp3) is 0.412. The molecule has 1 aliphatic rings. The second-order valence-corrected chi connectivity index (χ2v) is 7.09. The second kappa shape index (κ2) is 6.80. The highest BCUT2D eigenvalue weighted by molar-refractivity contribution is 7.17. The summed E-state index contributed by atoms with van der Waals surface area (Å²) in [4.78, 5) is 20.1. The minimum Gasteiger partial charge on any atom is -0.338 e. The van der Waals surface area contributed by atoms with Crippen LogP contribution in [0, 0.1) is 6.92 Å². The van der Waals surface area contributed by atoms with Crippen molar-refractivity contribution < 1.29 is 4.79 Å². The highest BCUT2D eigenvalue weighted by Crippen LogP contribution is 2.30. The number of halogens is 1. The van der Waals surface area contributed by atoms with E-state index >= 15 is 0 Å². The second-order valence-electron chi connectivity index (χ2n) is 5.65. The van der Waals surface area contributed by atoms with Crippen LogP contribution in [0.2, 0.25) is 5.02 Å². The first-order valence-electron chi connectivity index (χ1n) is 7.68. The van der Waals surface area contributed by atoms with E-state index in [-0.39, 0.29) is 5.91 Å². The summed E-state index contributed by atoms with van der Waals surface area (Å²) in [7, 11) is 0. The molecule has 0 N–H and O–H groups in total. The van der Waals surface area contributed by atoms with E-state index in [2.05, 4.69) is 4.98 Å². The number of rotatable bonds is 2. The van der Waals surface area contributed by atoms with E-state index in [1.165, 1.54) is 24.2 Å². The van der Waals surface area contributed by atoms with Crippen molar-refractivity contribution >= 4 is 28.8 Å². The van der Waals surface area contributed by atoms with Crippen molar-refractivity contribution in [1.29, 1.82) is 0 Å². The molecule has 0 radical (unpaired) electrons. The first kappa shape index (κ1) is 15.5. The lowest BCUT2D eigenvalue weighted by atomic mass is 10.2. The number of hydrogen-bond acceptors (Lipinski definition) is 3. The molecular weight excluding hydrogens is 316 g/mol. The zero-order valence-electron chi connectivity index (χ0n) is 12.6. The number of amides is 1. The molecule has 1 fully saturated rings. The number of likely N-dealkylation sites (tertiary alicyclic amines) is 1. The number of thiazole rings is 1. The van der Waals surface area contributed by atoms with E-state index in [0.717, 1.165) is 47.1 Å². The maximum atomic E-state index is 12.8. The normalized spacial score (nSPS) is 15.6. The maximum Gasteiger partial charge on any atom is 0.265 e. The minimum atomic E-state index is 0.130. The Morgan fingerprint density at radius 2 is 1.95 bits per heavy atom. The summed E-state index contributed by atoms with van der Waals surface area (Å²) in [6.45, 7) is 3.64. The standard InChI is InChI=1S/C17H19ClN2OS/c1-12-15(17(21)20-9-4-2-3-5-10-20)22-16(19-12)13-7-6-8-14(18)11-13/h6-8,11H,2-5,9-10H2,1H3. The lowest BCUT2D eigenvalue weighted by Crippen LogP contribution is -2.31. The van der Waals surface area contributed by atoms with Gasteiger partial charge in [0.1, 0.15) is 9.88 Å². The number of carbonyl (C=O) groups excluding carboxylic acids is 1. The Morgan fingerprint density at radius 3 is 2.64 bits per heavy atom. The number of aromatic nitrogens is 1. The number of carbonyl (C=O) groups is 1. The van der Waals surface area contributed by atoms with E-state index < -0.39 is 0 Å². The van der Waals surface area contributed by atoms with E-state index in [1.54, 1.807) is 0 Å². The van der Waals surface area contributed by atoms with Crippen molar-refractivity contribution in [2.75, 3.05) is 13.1 Å². The molecule has 1 aromatic heterocycles. The summed E-state index contributed by atoms with van der Waals surface area (Å²) in [6.07, 6.45) is 4.65. The van der Waals surface area contributed by atoms with Crippen LogP contribution in [0.4, 0.5) is 0 Å². The van der Waals surface area contributed by atoms with Crippen LogP contribution in [0.5, 0.6) is 0 Å². The van der Waals surface area contributed by atoms with E-state index in [1.807, 2.05) is 36.1 Å². The van der Waals surface area contributed by atoms with Gasteiger partial charge in [0.05, 0.1) is 5.69 Å². The van der Waals surface area contributed by atoms with Gasteiger partial charge in [-0.1, -0.05) is 36.6 Å². The zero-order valence-corrected chi connectivity index (χ0v) is 14.2. The van der Waals surface area contributed by atoms with Gasteiger partial charge in [-0.3, -0.25) is 4.79 Å². The molecule has 2 heterocycles. The highest BCUT2D eigenvalue weighted by atomic mass is 35.5. The maximum absolute atomic E-state index is 12.8. The molecule has 0 aliphatic carbocycles. The first-order valence-corrected chi connectivity index (χ1v) is 8.87. The zero-order chi connectivity index (χ0) is 15.5. The summed E-state index contributed by atoms with van der Waals surface area (Å²) in [5.41, 5.74) is 1.78. The van der Waals surface area contributed by atoms with Crippen molar-refractivity contribution in [3.8, 4) is 10.6 Å². The monoisotopic (exact) mass is 334 g/mol. The van der Waals surface area contributed by atoms with Crippen LogP contribution in [0.1, 0.15) is 41.0 Å². The largest absolute Gasteiger partial charge is 0.338 e. The minimum absolute atomic E-state index is 0.130. The summed E-state index contributed by atoms with van der Waals surface area (Å²) in [5, 5.41) is 1.55. The number of hydrogen-bond donors (Lipinski definition) is 0. The highest BCUT2D eigenvalue weighted by Gasteiger charge is 2.22. The van der Waals surface area contributed by atoms with Crippen LogP contribution in [0.3, 0.4) is 0 Å².